The molecule has 1 aromatic carbocycles. The minimum atomic E-state index is -4.46. The Morgan fingerprint density at radius 3 is 2.50 bits per heavy atom. The minimum Gasteiger partial charge on any atom is -0.294 e. The predicted molar refractivity (Wildman–Crippen MR) is 69.3 cm³/mol. The van der Waals surface area contributed by atoms with Gasteiger partial charge < -0.3 is 0 Å². The molecule has 4 heteroatoms. The van der Waals surface area contributed by atoms with Crippen LogP contribution in [0.25, 0.3) is 0 Å². The summed E-state index contributed by atoms with van der Waals surface area (Å²) < 4.78 is 38.8. The van der Waals surface area contributed by atoms with Crippen molar-refractivity contribution in [3.63, 3.8) is 0 Å². The molecule has 0 spiro atoms. The van der Waals surface area contributed by atoms with Crippen molar-refractivity contribution >= 4 is 5.78 Å². The second-order valence-electron chi connectivity index (χ2n) is 6.11. The van der Waals surface area contributed by atoms with Crippen molar-refractivity contribution in [2.24, 2.45) is 17.8 Å². The Kier molecular flexibility index (Phi) is 3.35. The van der Waals surface area contributed by atoms with Gasteiger partial charge in [-0.3, -0.25) is 4.79 Å². The van der Waals surface area contributed by atoms with E-state index in [1.165, 1.54) is 31.0 Å². The van der Waals surface area contributed by atoms with Crippen molar-refractivity contribution in [2.45, 2.75) is 38.3 Å². The van der Waals surface area contributed by atoms with Gasteiger partial charge in [-0.2, -0.15) is 13.2 Å². The summed E-state index contributed by atoms with van der Waals surface area (Å²) >= 11 is 0. The lowest BCUT2D eigenvalue weighted by Crippen LogP contribution is -2.18. The topological polar surface area (TPSA) is 17.1 Å². The zero-order chi connectivity index (χ0) is 14.3. The van der Waals surface area contributed by atoms with E-state index in [0.29, 0.717) is 17.8 Å². The summed E-state index contributed by atoms with van der Waals surface area (Å²) in [7, 11) is 0. The Morgan fingerprint density at radius 1 is 1.15 bits per heavy atom. The maximum Gasteiger partial charge on any atom is 0.417 e. The highest BCUT2D eigenvalue weighted by Crippen LogP contribution is 2.50. The first-order valence-corrected chi connectivity index (χ1v) is 7.14. The first-order valence-electron chi connectivity index (χ1n) is 7.14. The van der Waals surface area contributed by atoms with E-state index >= 15 is 0 Å². The molecule has 3 rings (SSSR count). The Morgan fingerprint density at radius 2 is 1.90 bits per heavy atom. The van der Waals surface area contributed by atoms with Crippen molar-refractivity contribution in [3.8, 4) is 0 Å². The van der Waals surface area contributed by atoms with Gasteiger partial charge in [0.05, 0.1) is 5.56 Å². The van der Waals surface area contributed by atoms with Crippen LogP contribution in [0.3, 0.4) is 0 Å². The molecule has 3 atom stereocenters. The van der Waals surface area contributed by atoms with Gasteiger partial charge in [-0.05, 0) is 43.1 Å². The molecule has 1 aromatic rings. The number of carbonyl (C=O) groups excluding carboxylic acids is 1. The molecule has 2 aliphatic rings. The third-order valence-electron chi connectivity index (χ3n) is 4.86. The van der Waals surface area contributed by atoms with Gasteiger partial charge >= 0.3 is 6.18 Å². The average Bonchev–Trinajstić information content (AvgIpc) is 3.00. The van der Waals surface area contributed by atoms with Crippen LogP contribution in [0, 0.1) is 17.8 Å². The Bertz CT molecular complexity index is 521. The van der Waals surface area contributed by atoms with Gasteiger partial charge in [0.1, 0.15) is 0 Å². The van der Waals surface area contributed by atoms with E-state index in [-0.39, 0.29) is 17.8 Å². The molecule has 20 heavy (non-hydrogen) atoms. The second-order valence-corrected chi connectivity index (χ2v) is 6.11. The molecule has 0 heterocycles. The monoisotopic (exact) mass is 282 g/mol. The molecule has 0 aromatic heterocycles. The number of fused-ring (bicyclic) bond motifs is 2. The summed E-state index contributed by atoms with van der Waals surface area (Å²) in [4.78, 5) is 12.2. The quantitative estimate of drug-likeness (QED) is 0.733. The summed E-state index contributed by atoms with van der Waals surface area (Å²) in [6.45, 7) is 0. The van der Waals surface area contributed by atoms with E-state index in [9.17, 15) is 18.0 Å². The van der Waals surface area contributed by atoms with Crippen LogP contribution in [0.1, 0.15) is 48.0 Å². The van der Waals surface area contributed by atoms with Crippen LogP contribution in [-0.2, 0) is 6.18 Å². The van der Waals surface area contributed by atoms with E-state index in [2.05, 4.69) is 0 Å². The van der Waals surface area contributed by atoms with Gasteiger partial charge in [0.2, 0.25) is 0 Å². The van der Waals surface area contributed by atoms with Gasteiger partial charge in [-0.15, -0.1) is 0 Å². The second kappa shape index (κ2) is 4.90. The molecule has 1 nitrogen and oxygen atoms in total. The maximum atomic E-state index is 12.9. The van der Waals surface area contributed by atoms with E-state index < -0.39 is 11.7 Å². The van der Waals surface area contributed by atoms with Crippen molar-refractivity contribution in [1.82, 2.24) is 0 Å². The van der Waals surface area contributed by atoms with Crippen LogP contribution in [-0.4, -0.2) is 5.78 Å². The van der Waals surface area contributed by atoms with E-state index in [4.69, 9.17) is 0 Å². The van der Waals surface area contributed by atoms with Crippen LogP contribution in [0.4, 0.5) is 13.2 Å². The highest BCUT2D eigenvalue weighted by Gasteiger charge is 2.41. The fraction of sp³-hybridized carbons (Fsp3) is 0.562. The number of alkyl halides is 3. The molecule has 0 amide bonds. The predicted octanol–water partition coefficient (Wildman–Crippen LogP) is 4.71. The number of hydrogen-bond acceptors (Lipinski definition) is 1. The summed E-state index contributed by atoms with van der Waals surface area (Å²) in [5.41, 5.74) is -0.962. The van der Waals surface area contributed by atoms with Gasteiger partial charge in [0.15, 0.2) is 5.78 Å². The number of carbonyl (C=O) groups is 1. The maximum absolute atomic E-state index is 12.9. The molecule has 2 fully saturated rings. The fourth-order valence-corrected chi connectivity index (χ4v) is 3.95. The summed E-state index contributed by atoms with van der Waals surface area (Å²) in [5, 5.41) is 0. The van der Waals surface area contributed by atoms with Crippen molar-refractivity contribution in [1.29, 1.82) is 0 Å². The standard InChI is InChI=1S/C16H17F3O/c17-16(18,19)14-4-2-1-3-13(14)15(20)9-12-8-10-5-6-11(12)7-10/h1-4,10-12H,5-9H2. The molecule has 0 radical (unpaired) electrons. The number of rotatable bonds is 3. The number of benzene rings is 1. The van der Waals surface area contributed by atoms with Crippen molar-refractivity contribution in [3.05, 3.63) is 35.4 Å². The smallest absolute Gasteiger partial charge is 0.294 e. The average molecular weight is 282 g/mol. The first kappa shape index (κ1) is 13.7. The van der Waals surface area contributed by atoms with Crippen molar-refractivity contribution in [2.75, 3.05) is 0 Å². The van der Waals surface area contributed by atoms with Crippen LogP contribution in [0.5, 0.6) is 0 Å². The lowest BCUT2D eigenvalue weighted by Gasteiger charge is -2.21. The molecule has 3 unspecified atom stereocenters. The molecule has 2 saturated carbocycles. The van der Waals surface area contributed by atoms with Gasteiger partial charge in [-0.25, -0.2) is 0 Å². The highest BCUT2D eigenvalue weighted by atomic mass is 19.4. The third-order valence-corrected chi connectivity index (χ3v) is 4.86. The van der Waals surface area contributed by atoms with E-state index in [1.54, 1.807) is 0 Å². The number of hydrogen-bond donors (Lipinski definition) is 0. The van der Waals surface area contributed by atoms with Crippen molar-refractivity contribution < 1.29 is 18.0 Å². The van der Waals surface area contributed by atoms with Gasteiger partial charge in [-0.1, -0.05) is 24.6 Å². The summed E-state index contributed by atoms with van der Waals surface area (Å²) in [6, 6.07) is 5.13. The SMILES string of the molecule is O=C(CC1CC2CCC1C2)c1ccccc1C(F)(F)F. The Hall–Kier alpha value is -1.32. The molecule has 0 aliphatic heterocycles. The van der Waals surface area contributed by atoms with Crippen LogP contribution in [0.2, 0.25) is 0 Å². The Labute approximate surface area is 116 Å². The Balaban J connectivity index is 1.78. The van der Waals surface area contributed by atoms with Gasteiger partial charge in [0.25, 0.3) is 0 Å². The molecule has 0 saturated heterocycles. The molecule has 2 bridgehead atoms. The largest absolute Gasteiger partial charge is 0.417 e. The number of Topliss-reactive ketones (excluding diaryl/α,β-unsaturated/α-hetero) is 1. The number of ketones is 1. The van der Waals surface area contributed by atoms with Crippen LogP contribution >= 0.6 is 0 Å². The van der Waals surface area contributed by atoms with E-state index in [0.717, 1.165) is 18.9 Å². The third kappa shape index (κ3) is 2.48. The molecular weight excluding hydrogens is 265 g/mol. The molecule has 108 valence electrons. The first-order chi connectivity index (χ1) is 9.45. The summed E-state index contributed by atoms with van der Waals surface area (Å²) in [5.74, 6) is 1.20. The summed E-state index contributed by atoms with van der Waals surface area (Å²) in [6.07, 6.45) is 0.372. The molecule has 2 aliphatic carbocycles. The fourth-order valence-electron chi connectivity index (χ4n) is 3.95. The molecule has 0 N–H and O–H groups in total. The highest BCUT2D eigenvalue weighted by molar-refractivity contribution is 5.97. The van der Waals surface area contributed by atoms with Gasteiger partial charge in [0, 0.05) is 12.0 Å². The minimum absolute atomic E-state index is 0.164. The molecular formula is C16H17F3O. The lowest BCUT2D eigenvalue weighted by atomic mass is 9.83. The zero-order valence-corrected chi connectivity index (χ0v) is 11.1. The van der Waals surface area contributed by atoms with E-state index in [1.807, 2.05) is 0 Å². The normalized spacial score (nSPS) is 28.9. The lowest BCUT2D eigenvalue weighted by molar-refractivity contribution is -0.137. The van der Waals surface area contributed by atoms with Crippen LogP contribution in [0.15, 0.2) is 24.3 Å². The number of halogens is 3. The zero-order valence-electron chi connectivity index (χ0n) is 11.1. The van der Waals surface area contributed by atoms with Crippen LogP contribution < -0.4 is 0 Å².